The van der Waals surface area contributed by atoms with E-state index in [2.05, 4.69) is 32.9 Å². The van der Waals surface area contributed by atoms with Crippen molar-refractivity contribution in [3.63, 3.8) is 0 Å². The van der Waals surface area contributed by atoms with Gasteiger partial charge in [-0.05, 0) is 49.4 Å². The Morgan fingerprint density at radius 1 is 1.14 bits per heavy atom. The van der Waals surface area contributed by atoms with Gasteiger partial charge in [0.05, 0.1) is 0 Å². The Bertz CT molecular complexity index is 320. The molecule has 0 amide bonds. The Hall–Kier alpha value is -0.860. The first-order valence-electron chi connectivity index (χ1n) is 5.00. The van der Waals surface area contributed by atoms with Gasteiger partial charge >= 0.3 is 0 Å². The van der Waals surface area contributed by atoms with E-state index in [1.54, 1.807) is 0 Å². The van der Waals surface area contributed by atoms with Crippen LogP contribution in [0, 0.1) is 20.8 Å². The van der Waals surface area contributed by atoms with Gasteiger partial charge in [-0.15, -0.1) is 0 Å². The minimum Gasteiger partial charge on any atom is -0.396 e. The molecule has 14 heavy (non-hydrogen) atoms. The maximum absolute atomic E-state index is 8.83. The molecule has 0 aliphatic carbocycles. The van der Waals surface area contributed by atoms with Gasteiger partial charge in [0.1, 0.15) is 0 Å². The molecule has 1 rings (SSSR count). The lowest BCUT2D eigenvalue weighted by atomic mass is 9.95. The van der Waals surface area contributed by atoms with Crippen molar-refractivity contribution in [2.24, 2.45) is 5.73 Å². The van der Waals surface area contributed by atoms with E-state index in [1.807, 2.05) is 0 Å². The van der Waals surface area contributed by atoms with Crippen LogP contribution < -0.4 is 5.73 Å². The molecule has 0 aromatic heterocycles. The van der Waals surface area contributed by atoms with Gasteiger partial charge in [-0.3, -0.25) is 0 Å². The number of hydrogen-bond donors (Lipinski definition) is 2. The molecule has 0 unspecified atom stereocenters. The second-order valence-corrected chi connectivity index (χ2v) is 3.91. The molecule has 0 radical (unpaired) electrons. The molecule has 0 fully saturated rings. The van der Waals surface area contributed by atoms with Gasteiger partial charge in [-0.1, -0.05) is 12.1 Å². The summed E-state index contributed by atoms with van der Waals surface area (Å²) in [5.41, 5.74) is 10.9. The topological polar surface area (TPSA) is 46.2 Å². The fraction of sp³-hybridized carbons (Fsp3) is 0.500. The summed E-state index contributed by atoms with van der Waals surface area (Å²) in [6.45, 7) is 6.40. The summed E-state index contributed by atoms with van der Waals surface area (Å²) in [5, 5.41) is 8.83. The van der Waals surface area contributed by atoms with Crippen LogP contribution in [0.25, 0.3) is 0 Å². The van der Waals surface area contributed by atoms with Gasteiger partial charge < -0.3 is 10.8 Å². The fourth-order valence-electron chi connectivity index (χ4n) is 1.68. The van der Waals surface area contributed by atoms with Crippen LogP contribution in [0.5, 0.6) is 0 Å². The molecule has 0 heterocycles. The van der Waals surface area contributed by atoms with E-state index in [0.717, 1.165) is 5.56 Å². The van der Waals surface area contributed by atoms with Crippen molar-refractivity contribution in [1.29, 1.82) is 0 Å². The molecule has 2 heteroatoms. The third kappa shape index (κ3) is 2.34. The number of rotatable bonds is 3. The maximum Gasteiger partial charge on any atom is 0.0449 e. The largest absolute Gasteiger partial charge is 0.396 e. The van der Waals surface area contributed by atoms with E-state index in [-0.39, 0.29) is 12.6 Å². The number of aryl methyl sites for hydroxylation is 3. The Labute approximate surface area is 85.8 Å². The average molecular weight is 193 g/mol. The summed E-state index contributed by atoms with van der Waals surface area (Å²) in [6.07, 6.45) is 0.628. The quantitative estimate of drug-likeness (QED) is 0.771. The van der Waals surface area contributed by atoms with E-state index in [4.69, 9.17) is 10.8 Å². The van der Waals surface area contributed by atoms with Crippen LogP contribution in [0.2, 0.25) is 0 Å². The highest BCUT2D eigenvalue weighted by molar-refractivity contribution is 5.38. The van der Waals surface area contributed by atoms with Gasteiger partial charge in [0, 0.05) is 12.6 Å². The van der Waals surface area contributed by atoms with Crippen LogP contribution in [0.15, 0.2) is 12.1 Å². The molecule has 0 aliphatic rings. The Balaban J connectivity index is 3.02. The van der Waals surface area contributed by atoms with Gasteiger partial charge in [0.15, 0.2) is 0 Å². The van der Waals surface area contributed by atoms with Crippen LogP contribution in [-0.2, 0) is 0 Å². The zero-order valence-electron chi connectivity index (χ0n) is 9.17. The smallest absolute Gasteiger partial charge is 0.0449 e. The van der Waals surface area contributed by atoms with Crippen molar-refractivity contribution in [3.05, 3.63) is 34.4 Å². The zero-order chi connectivity index (χ0) is 10.7. The van der Waals surface area contributed by atoms with Crippen molar-refractivity contribution in [2.75, 3.05) is 6.61 Å². The lowest BCUT2D eigenvalue weighted by molar-refractivity contribution is 0.276. The van der Waals surface area contributed by atoms with Crippen LogP contribution in [0.1, 0.15) is 34.7 Å². The molecule has 1 aromatic rings. The highest BCUT2D eigenvalue weighted by Gasteiger charge is 2.09. The van der Waals surface area contributed by atoms with Crippen molar-refractivity contribution in [1.82, 2.24) is 0 Å². The van der Waals surface area contributed by atoms with E-state index in [0.29, 0.717) is 6.42 Å². The summed E-state index contributed by atoms with van der Waals surface area (Å²) >= 11 is 0. The highest BCUT2D eigenvalue weighted by atomic mass is 16.3. The van der Waals surface area contributed by atoms with Crippen LogP contribution in [0.3, 0.4) is 0 Å². The first-order valence-corrected chi connectivity index (χ1v) is 5.00. The van der Waals surface area contributed by atoms with Crippen LogP contribution >= 0.6 is 0 Å². The lowest BCUT2D eigenvalue weighted by Gasteiger charge is -2.15. The van der Waals surface area contributed by atoms with Crippen molar-refractivity contribution < 1.29 is 5.11 Å². The number of benzene rings is 1. The molecule has 3 N–H and O–H groups in total. The molecular formula is C12H19NO. The van der Waals surface area contributed by atoms with E-state index < -0.39 is 0 Å². The van der Waals surface area contributed by atoms with Gasteiger partial charge in [0.2, 0.25) is 0 Å². The standard InChI is InChI=1S/C12H19NO/c1-8-6-10(3)11(7-9(8)2)12(13)4-5-14/h6-7,12,14H,4-5,13H2,1-3H3/t12-/m0/s1. The van der Waals surface area contributed by atoms with Gasteiger partial charge in [-0.25, -0.2) is 0 Å². The third-order valence-corrected chi connectivity index (χ3v) is 2.72. The Morgan fingerprint density at radius 3 is 2.29 bits per heavy atom. The van der Waals surface area contributed by atoms with Crippen molar-refractivity contribution in [2.45, 2.75) is 33.2 Å². The fourth-order valence-corrected chi connectivity index (χ4v) is 1.68. The van der Waals surface area contributed by atoms with Crippen molar-refractivity contribution >= 4 is 0 Å². The number of nitrogens with two attached hydrogens (primary N) is 1. The molecule has 1 atom stereocenters. The lowest BCUT2D eigenvalue weighted by Crippen LogP contribution is -2.13. The number of hydrogen-bond acceptors (Lipinski definition) is 2. The molecule has 78 valence electrons. The molecule has 1 aromatic carbocycles. The minimum atomic E-state index is -0.0423. The summed E-state index contributed by atoms with van der Waals surface area (Å²) in [7, 11) is 0. The first-order chi connectivity index (χ1) is 6.56. The van der Waals surface area contributed by atoms with Gasteiger partial charge in [0.25, 0.3) is 0 Å². The van der Waals surface area contributed by atoms with Crippen molar-refractivity contribution in [3.8, 4) is 0 Å². The molecule has 0 spiro atoms. The average Bonchev–Trinajstić information content (AvgIpc) is 2.11. The molecule has 0 bridgehead atoms. The second kappa shape index (κ2) is 4.58. The minimum absolute atomic E-state index is 0.0423. The predicted octanol–water partition coefficient (Wildman–Crippen LogP) is 1.99. The summed E-state index contributed by atoms with van der Waals surface area (Å²) in [5.74, 6) is 0. The SMILES string of the molecule is Cc1cc(C)c([C@@H](N)CCO)cc1C. The zero-order valence-corrected chi connectivity index (χ0v) is 9.17. The van der Waals surface area contributed by atoms with E-state index in [9.17, 15) is 0 Å². The monoisotopic (exact) mass is 193 g/mol. The normalized spacial score (nSPS) is 12.9. The Kier molecular flexibility index (Phi) is 3.67. The molecule has 2 nitrogen and oxygen atoms in total. The molecule has 0 saturated carbocycles. The predicted molar refractivity (Wildman–Crippen MR) is 59.3 cm³/mol. The van der Waals surface area contributed by atoms with E-state index >= 15 is 0 Å². The van der Waals surface area contributed by atoms with Gasteiger partial charge in [-0.2, -0.15) is 0 Å². The number of aliphatic hydroxyl groups excluding tert-OH is 1. The van der Waals surface area contributed by atoms with E-state index in [1.165, 1.54) is 16.7 Å². The first kappa shape index (κ1) is 11.2. The Morgan fingerprint density at radius 2 is 1.71 bits per heavy atom. The highest BCUT2D eigenvalue weighted by Crippen LogP contribution is 2.21. The number of aliphatic hydroxyl groups is 1. The molecule has 0 saturated heterocycles. The van der Waals surface area contributed by atoms with Crippen LogP contribution in [-0.4, -0.2) is 11.7 Å². The third-order valence-electron chi connectivity index (χ3n) is 2.72. The summed E-state index contributed by atoms with van der Waals surface area (Å²) in [6, 6.07) is 4.24. The summed E-state index contributed by atoms with van der Waals surface area (Å²) in [4.78, 5) is 0. The molecular weight excluding hydrogens is 174 g/mol. The second-order valence-electron chi connectivity index (χ2n) is 3.91. The van der Waals surface area contributed by atoms with Crippen LogP contribution in [0.4, 0.5) is 0 Å². The maximum atomic E-state index is 8.83. The molecule has 0 aliphatic heterocycles. The summed E-state index contributed by atoms with van der Waals surface area (Å²) < 4.78 is 0.